The van der Waals surface area contributed by atoms with Crippen LogP contribution in [0.15, 0.2) is 24.4 Å². The van der Waals surface area contributed by atoms with Crippen molar-refractivity contribution in [2.45, 2.75) is 46.3 Å². The van der Waals surface area contributed by atoms with E-state index in [1.165, 1.54) is 0 Å². The number of allylic oxidation sites excluding steroid dienone is 2. The molecule has 0 fully saturated rings. The highest BCUT2D eigenvalue weighted by Crippen LogP contribution is 2.32. The molecule has 0 aromatic heterocycles. The lowest BCUT2D eigenvalue weighted by molar-refractivity contribution is -0.171. The molecule has 0 aliphatic carbocycles. The SMILES string of the molecule is C=CCC(C/C=C/[Si](C)(C)C)(C(=O)OCC)C(=O)OCC. The first-order chi connectivity index (χ1) is 9.73. The van der Waals surface area contributed by atoms with Crippen LogP contribution < -0.4 is 0 Å². The van der Waals surface area contributed by atoms with Gasteiger partial charge in [0.15, 0.2) is 5.41 Å². The summed E-state index contributed by atoms with van der Waals surface area (Å²) in [7, 11) is -1.40. The van der Waals surface area contributed by atoms with Gasteiger partial charge in [-0.25, -0.2) is 0 Å². The maximum Gasteiger partial charge on any atom is 0.324 e. The Labute approximate surface area is 129 Å². The van der Waals surface area contributed by atoms with Crippen molar-refractivity contribution in [3.8, 4) is 0 Å². The Morgan fingerprint density at radius 2 is 1.52 bits per heavy atom. The topological polar surface area (TPSA) is 52.6 Å². The van der Waals surface area contributed by atoms with Gasteiger partial charge >= 0.3 is 11.9 Å². The van der Waals surface area contributed by atoms with Crippen molar-refractivity contribution in [3.63, 3.8) is 0 Å². The molecule has 0 radical (unpaired) electrons. The number of hydrogen-bond acceptors (Lipinski definition) is 4. The summed E-state index contributed by atoms with van der Waals surface area (Å²) in [5, 5.41) is 0. The first kappa shape index (κ1) is 19.6. The van der Waals surface area contributed by atoms with E-state index < -0.39 is 25.4 Å². The molecule has 0 saturated heterocycles. The Morgan fingerprint density at radius 3 is 1.86 bits per heavy atom. The summed E-state index contributed by atoms with van der Waals surface area (Å²) >= 11 is 0. The van der Waals surface area contributed by atoms with Crippen LogP contribution in [0.4, 0.5) is 0 Å². The third-order valence-corrected chi connectivity index (χ3v) is 4.15. The number of carbonyl (C=O) groups is 2. The van der Waals surface area contributed by atoms with Gasteiger partial charge in [0.05, 0.1) is 21.3 Å². The van der Waals surface area contributed by atoms with E-state index in [0.717, 1.165) is 0 Å². The van der Waals surface area contributed by atoms with E-state index in [1.54, 1.807) is 19.9 Å². The Morgan fingerprint density at radius 1 is 1.05 bits per heavy atom. The van der Waals surface area contributed by atoms with Gasteiger partial charge < -0.3 is 9.47 Å². The molecule has 0 unspecified atom stereocenters. The molecule has 4 nitrogen and oxygen atoms in total. The van der Waals surface area contributed by atoms with Crippen LogP contribution in [0.25, 0.3) is 0 Å². The summed E-state index contributed by atoms with van der Waals surface area (Å²) in [6, 6.07) is 0. The van der Waals surface area contributed by atoms with Crippen LogP contribution in [-0.2, 0) is 19.1 Å². The molecule has 0 aliphatic rings. The van der Waals surface area contributed by atoms with E-state index in [-0.39, 0.29) is 26.1 Å². The molecule has 21 heavy (non-hydrogen) atoms. The molecule has 0 rings (SSSR count). The number of carbonyl (C=O) groups excluding carboxylic acids is 2. The summed E-state index contributed by atoms with van der Waals surface area (Å²) in [5.41, 5.74) is 0.799. The highest BCUT2D eigenvalue weighted by atomic mass is 28.3. The molecule has 5 heteroatoms. The molecule has 120 valence electrons. The summed E-state index contributed by atoms with van der Waals surface area (Å²) in [6.45, 7) is 14.1. The molecular formula is C16H28O4Si. The predicted molar refractivity (Wildman–Crippen MR) is 87.6 cm³/mol. The van der Waals surface area contributed by atoms with Crippen LogP contribution in [0.3, 0.4) is 0 Å². The minimum atomic E-state index is -1.40. The fourth-order valence-corrected chi connectivity index (χ4v) is 2.72. The van der Waals surface area contributed by atoms with Gasteiger partial charge in [0.25, 0.3) is 0 Å². The van der Waals surface area contributed by atoms with Crippen molar-refractivity contribution in [1.82, 2.24) is 0 Å². The highest BCUT2D eigenvalue weighted by molar-refractivity contribution is 6.80. The van der Waals surface area contributed by atoms with Crippen LogP contribution in [0.1, 0.15) is 26.7 Å². The molecule has 0 aliphatic heterocycles. The maximum absolute atomic E-state index is 12.3. The van der Waals surface area contributed by atoms with E-state index in [4.69, 9.17) is 9.47 Å². The van der Waals surface area contributed by atoms with E-state index >= 15 is 0 Å². The van der Waals surface area contributed by atoms with Crippen LogP contribution >= 0.6 is 0 Å². The number of rotatable bonds is 9. The zero-order valence-electron chi connectivity index (χ0n) is 13.9. The second-order valence-corrected chi connectivity index (χ2v) is 11.1. The van der Waals surface area contributed by atoms with Gasteiger partial charge in [0.1, 0.15) is 0 Å². The molecular weight excluding hydrogens is 284 g/mol. The number of ether oxygens (including phenoxy) is 2. The first-order valence-corrected chi connectivity index (χ1v) is 10.9. The van der Waals surface area contributed by atoms with Crippen molar-refractivity contribution in [2.75, 3.05) is 13.2 Å². The fraction of sp³-hybridized carbons (Fsp3) is 0.625. The van der Waals surface area contributed by atoms with Gasteiger partial charge in [0.2, 0.25) is 0 Å². The summed E-state index contributed by atoms with van der Waals surface area (Å²) in [6.07, 6.45) is 3.96. The standard InChI is InChI=1S/C16H28O4Si/c1-7-11-16(14(17)19-8-2,15(18)20-9-3)12-10-13-21(4,5)6/h7,10,13H,1,8-9,11-12H2,2-6H3/b13-10+. The van der Waals surface area contributed by atoms with Crippen LogP contribution in [-0.4, -0.2) is 33.2 Å². The van der Waals surface area contributed by atoms with Crippen LogP contribution in [0.5, 0.6) is 0 Å². The summed E-state index contributed by atoms with van der Waals surface area (Å²) < 4.78 is 10.2. The third-order valence-electron chi connectivity index (χ3n) is 2.91. The molecule has 0 N–H and O–H groups in total. The smallest absolute Gasteiger partial charge is 0.324 e. The van der Waals surface area contributed by atoms with Crippen molar-refractivity contribution < 1.29 is 19.1 Å². The minimum Gasteiger partial charge on any atom is -0.465 e. The first-order valence-electron chi connectivity index (χ1n) is 7.36. The lowest BCUT2D eigenvalue weighted by atomic mass is 9.81. The Balaban J connectivity index is 5.46. The van der Waals surface area contributed by atoms with Gasteiger partial charge in [-0.15, -0.1) is 6.58 Å². The third kappa shape index (κ3) is 6.29. The minimum absolute atomic E-state index is 0.209. The van der Waals surface area contributed by atoms with Gasteiger partial charge in [-0.05, 0) is 26.7 Å². The zero-order chi connectivity index (χ0) is 16.5. The molecule has 0 amide bonds. The largest absolute Gasteiger partial charge is 0.465 e. The molecule has 0 saturated carbocycles. The second kappa shape index (κ2) is 8.82. The zero-order valence-corrected chi connectivity index (χ0v) is 14.9. The second-order valence-electron chi connectivity index (χ2n) is 5.99. The number of esters is 2. The fourth-order valence-electron chi connectivity index (χ4n) is 1.90. The lowest BCUT2D eigenvalue weighted by Gasteiger charge is -2.27. The van der Waals surface area contributed by atoms with E-state index in [0.29, 0.717) is 0 Å². The Kier molecular flexibility index (Phi) is 8.25. The monoisotopic (exact) mass is 312 g/mol. The molecule has 0 aromatic rings. The molecule has 0 heterocycles. The highest BCUT2D eigenvalue weighted by Gasteiger charge is 2.47. The van der Waals surface area contributed by atoms with Crippen LogP contribution in [0, 0.1) is 5.41 Å². The van der Waals surface area contributed by atoms with Gasteiger partial charge in [-0.2, -0.15) is 0 Å². The molecule has 0 spiro atoms. The van der Waals surface area contributed by atoms with Gasteiger partial charge in [-0.3, -0.25) is 9.59 Å². The Bertz CT molecular complexity index is 376. The van der Waals surface area contributed by atoms with E-state index in [9.17, 15) is 9.59 Å². The van der Waals surface area contributed by atoms with Gasteiger partial charge in [-0.1, -0.05) is 37.5 Å². The molecule has 0 atom stereocenters. The average molecular weight is 312 g/mol. The predicted octanol–water partition coefficient (Wildman–Crippen LogP) is 3.50. The van der Waals surface area contributed by atoms with Crippen molar-refractivity contribution in [1.29, 1.82) is 0 Å². The maximum atomic E-state index is 12.3. The van der Waals surface area contributed by atoms with Crippen molar-refractivity contribution >= 4 is 20.0 Å². The van der Waals surface area contributed by atoms with Crippen molar-refractivity contribution in [2.24, 2.45) is 5.41 Å². The lowest BCUT2D eigenvalue weighted by Crippen LogP contribution is -2.41. The van der Waals surface area contributed by atoms with Gasteiger partial charge in [0, 0.05) is 0 Å². The Hall–Kier alpha value is -1.36. The van der Waals surface area contributed by atoms with Crippen molar-refractivity contribution in [3.05, 3.63) is 24.4 Å². The number of hydrogen-bond donors (Lipinski definition) is 0. The summed E-state index contributed by atoms with van der Waals surface area (Å²) in [4.78, 5) is 24.7. The quantitative estimate of drug-likeness (QED) is 0.283. The van der Waals surface area contributed by atoms with Crippen LogP contribution in [0.2, 0.25) is 19.6 Å². The normalized spacial score (nSPS) is 12.2. The van der Waals surface area contributed by atoms with E-state index in [2.05, 4.69) is 31.9 Å². The average Bonchev–Trinajstić information content (AvgIpc) is 2.36. The molecule has 0 bridgehead atoms. The van der Waals surface area contributed by atoms with E-state index in [1.807, 2.05) is 6.08 Å². The summed E-state index contributed by atoms with van der Waals surface area (Å²) in [5.74, 6) is -1.08. The molecule has 0 aromatic carbocycles.